The number of benzene rings is 2. The summed E-state index contributed by atoms with van der Waals surface area (Å²) in [5.41, 5.74) is 1.57. The number of fused-ring (bicyclic) bond motifs is 1. The van der Waals surface area contributed by atoms with Gasteiger partial charge in [-0.3, -0.25) is 9.36 Å². The number of hydrogen-bond acceptors (Lipinski definition) is 6. The van der Waals surface area contributed by atoms with E-state index < -0.39 is 6.73 Å². The number of halogens is 2. The number of aliphatic hydroxyl groups excluding tert-OH is 2. The summed E-state index contributed by atoms with van der Waals surface area (Å²) in [6.07, 6.45) is 0. The van der Waals surface area contributed by atoms with Gasteiger partial charge in [0.2, 0.25) is 5.95 Å². The monoisotopic (exact) mass is 456 g/mol. The lowest BCUT2D eigenvalue weighted by Gasteiger charge is -2.21. The highest BCUT2D eigenvalue weighted by molar-refractivity contribution is 6.33. The molecule has 0 radical (unpaired) electrons. The first-order chi connectivity index (χ1) is 15.0. The first-order valence-electron chi connectivity index (χ1n) is 9.45. The zero-order valence-electron chi connectivity index (χ0n) is 16.2. The maximum atomic E-state index is 12.9. The number of para-hydroxylation sites is 1. The highest BCUT2D eigenvalue weighted by Crippen LogP contribution is 2.33. The average molecular weight is 457 g/mol. The van der Waals surface area contributed by atoms with Gasteiger partial charge >= 0.3 is 0 Å². The highest BCUT2D eigenvalue weighted by Gasteiger charge is 2.19. The van der Waals surface area contributed by atoms with Gasteiger partial charge in [-0.25, -0.2) is 4.98 Å². The summed E-state index contributed by atoms with van der Waals surface area (Å²) in [6, 6.07) is 17.2. The third-order valence-corrected chi connectivity index (χ3v) is 5.43. The fraction of sp³-hybridized carbons (Fsp3) is 0.136. The second-order valence-corrected chi connectivity index (χ2v) is 7.49. The topological polar surface area (TPSA) is 91.5 Å². The van der Waals surface area contributed by atoms with Crippen molar-refractivity contribution in [1.29, 1.82) is 0 Å². The largest absolute Gasteiger partial charge is 0.395 e. The van der Waals surface area contributed by atoms with Crippen molar-refractivity contribution in [3.05, 3.63) is 81.1 Å². The van der Waals surface area contributed by atoms with Gasteiger partial charge in [-0.1, -0.05) is 53.5 Å². The van der Waals surface area contributed by atoms with Crippen LogP contribution in [0.3, 0.4) is 0 Å². The third-order valence-electron chi connectivity index (χ3n) is 4.78. The molecule has 0 saturated carbocycles. The van der Waals surface area contributed by atoms with E-state index in [9.17, 15) is 15.0 Å². The molecule has 4 rings (SSSR count). The van der Waals surface area contributed by atoms with E-state index >= 15 is 0 Å². The van der Waals surface area contributed by atoms with Crippen LogP contribution in [0.25, 0.3) is 28.0 Å². The Morgan fingerprint density at radius 2 is 1.61 bits per heavy atom. The Morgan fingerprint density at radius 3 is 2.29 bits per heavy atom. The van der Waals surface area contributed by atoms with Crippen LogP contribution in [0.15, 0.2) is 65.5 Å². The maximum Gasteiger partial charge on any atom is 0.256 e. The van der Waals surface area contributed by atoms with Gasteiger partial charge in [-0.05, 0) is 24.3 Å². The van der Waals surface area contributed by atoms with E-state index in [-0.39, 0.29) is 24.7 Å². The molecule has 4 aromatic rings. The van der Waals surface area contributed by atoms with Crippen LogP contribution in [-0.4, -0.2) is 44.6 Å². The van der Waals surface area contributed by atoms with Crippen LogP contribution in [0.1, 0.15) is 0 Å². The number of aromatic nitrogens is 3. The Morgan fingerprint density at radius 1 is 0.903 bits per heavy atom. The average Bonchev–Trinajstić information content (AvgIpc) is 2.78. The standard InChI is InChI=1S/C22H18Cl2N4O3/c23-16-6-2-1-5-14(16)20-15-9-10-19(31)28(18-8-4-3-7-17(18)24)21(15)26-22(25-20)27(13-30)11-12-29/h1-10,29-30H,11-13H2. The minimum Gasteiger partial charge on any atom is -0.395 e. The minimum atomic E-state index is -0.419. The van der Waals surface area contributed by atoms with E-state index in [1.165, 1.54) is 15.5 Å². The lowest BCUT2D eigenvalue weighted by atomic mass is 10.1. The molecule has 9 heteroatoms. The molecule has 7 nitrogen and oxygen atoms in total. The van der Waals surface area contributed by atoms with Crippen molar-refractivity contribution >= 4 is 40.2 Å². The van der Waals surface area contributed by atoms with E-state index in [0.717, 1.165) is 0 Å². The Kier molecular flexibility index (Phi) is 6.20. The van der Waals surface area contributed by atoms with Crippen LogP contribution in [0, 0.1) is 0 Å². The predicted molar refractivity (Wildman–Crippen MR) is 122 cm³/mol. The molecule has 0 aliphatic rings. The van der Waals surface area contributed by atoms with Crippen LogP contribution in [0.2, 0.25) is 10.0 Å². The zero-order chi connectivity index (χ0) is 22.0. The molecule has 0 bridgehead atoms. The molecular weight excluding hydrogens is 439 g/mol. The van der Waals surface area contributed by atoms with Crippen molar-refractivity contribution in [3.8, 4) is 16.9 Å². The number of aliphatic hydroxyl groups is 2. The van der Waals surface area contributed by atoms with Crippen LogP contribution < -0.4 is 10.5 Å². The molecule has 2 heterocycles. The molecule has 0 unspecified atom stereocenters. The van der Waals surface area contributed by atoms with Crippen molar-refractivity contribution in [1.82, 2.24) is 14.5 Å². The van der Waals surface area contributed by atoms with Gasteiger partial charge in [0.25, 0.3) is 5.56 Å². The molecule has 0 aliphatic heterocycles. The summed E-state index contributed by atoms with van der Waals surface area (Å²) in [5, 5.41) is 20.6. The van der Waals surface area contributed by atoms with Gasteiger partial charge < -0.3 is 15.1 Å². The molecule has 2 aromatic heterocycles. The molecule has 2 aromatic carbocycles. The molecule has 0 amide bonds. The Bertz CT molecular complexity index is 1310. The third kappa shape index (κ3) is 4.00. The summed E-state index contributed by atoms with van der Waals surface area (Å²) >= 11 is 12.8. The van der Waals surface area contributed by atoms with Crippen molar-refractivity contribution in [2.45, 2.75) is 0 Å². The van der Waals surface area contributed by atoms with E-state index in [2.05, 4.69) is 9.97 Å². The van der Waals surface area contributed by atoms with Gasteiger partial charge in [0.15, 0.2) is 5.65 Å². The maximum absolute atomic E-state index is 12.9. The first kappa shape index (κ1) is 21.3. The number of anilines is 1. The lowest BCUT2D eigenvalue weighted by molar-refractivity contribution is 0.256. The van der Waals surface area contributed by atoms with Gasteiger partial charge in [0.05, 0.1) is 23.0 Å². The van der Waals surface area contributed by atoms with Gasteiger partial charge in [-0.2, -0.15) is 4.98 Å². The second-order valence-electron chi connectivity index (χ2n) is 6.68. The Hall–Kier alpha value is -2.97. The van der Waals surface area contributed by atoms with Crippen LogP contribution in [-0.2, 0) is 0 Å². The fourth-order valence-electron chi connectivity index (χ4n) is 3.32. The van der Waals surface area contributed by atoms with Crippen molar-refractivity contribution in [2.75, 3.05) is 24.8 Å². The molecule has 0 spiro atoms. The molecule has 31 heavy (non-hydrogen) atoms. The molecule has 2 N–H and O–H groups in total. The molecule has 0 aliphatic carbocycles. The molecule has 158 valence electrons. The molecule has 0 atom stereocenters. The lowest BCUT2D eigenvalue weighted by Crippen LogP contribution is -2.30. The minimum absolute atomic E-state index is 0.104. The summed E-state index contributed by atoms with van der Waals surface area (Å²) in [5.74, 6) is 0.144. The van der Waals surface area contributed by atoms with Crippen LogP contribution >= 0.6 is 23.2 Å². The fourth-order valence-corrected chi connectivity index (χ4v) is 3.77. The number of nitrogens with zero attached hydrogens (tertiary/aromatic N) is 4. The van der Waals surface area contributed by atoms with Gasteiger partial charge in [0.1, 0.15) is 6.73 Å². The smallest absolute Gasteiger partial charge is 0.256 e. The first-order valence-corrected chi connectivity index (χ1v) is 10.2. The van der Waals surface area contributed by atoms with Gasteiger partial charge in [-0.15, -0.1) is 0 Å². The van der Waals surface area contributed by atoms with E-state index in [4.69, 9.17) is 23.2 Å². The Labute approximate surface area is 187 Å². The number of hydrogen-bond donors (Lipinski definition) is 2. The van der Waals surface area contributed by atoms with Crippen LogP contribution in [0.4, 0.5) is 5.95 Å². The quantitative estimate of drug-likeness (QED) is 0.431. The Balaban J connectivity index is 2.13. The van der Waals surface area contributed by atoms with E-state index in [1.807, 2.05) is 18.2 Å². The summed E-state index contributed by atoms with van der Waals surface area (Å²) in [7, 11) is 0. The molecular formula is C22H18Cl2N4O3. The number of pyridine rings is 1. The normalized spacial score (nSPS) is 11.1. The SMILES string of the molecule is O=c1ccc2c(-c3ccccc3Cl)nc(N(CO)CCO)nc2n1-c1ccccc1Cl. The van der Waals surface area contributed by atoms with Crippen molar-refractivity contribution < 1.29 is 10.2 Å². The van der Waals surface area contributed by atoms with Crippen LogP contribution in [0.5, 0.6) is 0 Å². The van der Waals surface area contributed by atoms with Gasteiger partial charge in [0, 0.05) is 28.6 Å². The summed E-state index contributed by atoms with van der Waals surface area (Å²) in [6.45, 7) is -0.528. The van der Waals surface area contributed by atoms with E-state index in [1.54, 1.807) is 36.4 Å². The number of rotatable bonds is 6. The zero-order valence-corrected chi connectivity index (χ0v) is 17.8. The molecule has 0 saturated heterocycles. The molecule has 0 fully saturated rings. The predicted octanol–water partition coefficient (Wildman–Crippen LogP) is 3.50. The summed E-state index contributed by atoms with van der Waals surface area (Å²) < 4.78 is 1.40. The van der Waals surface area contributed by atoms with E-state index in [0.29, 0.717) is 38.0 Å². The second kappa shape index (κ2) is 9.03. The highest BCUT2D eigenvalue weighted by atomic mass is 35.5. The van der Waals surface area contributed by atoms with Crippen molar-refractivity contribution in [2.24, 2.45) is 0 Å². The van der Waals surface area contributed by atoms with Crippen molar-refractivity contribution in [3.63, 3.8) is 0 Å². The summed E-state index contributed by atoms with van der Waals surface area (Å²) in [4.78, 5) is 23.5.